The van der Waals surface area contributed by atoms with Crippen LogP contribution < -0.4 is 15.6 Å². The molecule has 0 fully saturated rings. The number of anilines is 1. The van der Waals surface area contributed by atoms with Gasteiger partial charge < -0.3 is 15.9 Å². The van der Waals surface area contributed by atoms with E-state index in [-0.39, 0.29) is 17.5 Å². The first-order chi connectivity index (χ1) is 10.6. The number of imidazole rings is 1. The Balaban J connectivity index is 1.96. The molecule has 1 atom stereocenters. The van der Waals surface area contributed by atoms with E-state index in [2.05, 4.69) is 15.3 Å². The van der Waals surface area contributed by atoms with Gasteiger partial charge in [-0.1, -0.05) is 12.1 Å². The number of hydrogen-bond acceptors (Lipinski definition) is 5. The number of fused-ring (bicyclic) bond motifs is 3. The summed E-state index contributed by atoms with van der Waals surface area (Å²) in [5.74, 6) is 0.640. The van der Waals surface area contributed by atoms with Gasteiger partial charge in [0.2, 0.25) is 6.17 Å². The monoisotopic (exact) mass is 296 g/mol. The summed E-state index contributed by atoms with van der Waals surface area (Å²) in [6.07, 6.45) is -0.432. The van der Waals surface area contributed by atoms with E-state index in [0.29, 0.717) is 5.95 Å². The second-order valence-corrected chi connectivity index (χ2v) is 5.12. The summed E-state index contributed by atoms with van der Waals surface area (Å²) >= 11 is 0. The molecule has 4 rings (SSSR count). The van der Waals surface area contributed by atoms with Gasteiger partial charge >= 0.3 is 5.95 Å². The average molecular weight is 296 g/mol. The zero-order valence-corrected chi connectivity index (χ0v) is 11.5. The van der Waals surface area contributed by atoms with E-state index in [1.165, 1.54) is 12.1 Å². The normalized spacial score (nSPS) is 16.9. The Hall–Kier alpha value is -3.22. The molecule has 110 valence electrons. The van der Waals surface area contributed by atoms with Crippen LogP contribution in [0, 0.1) is 0 Å². The van der Waals surface area contributed by atoms with Gasteiger partial charge in [-0.05, 0) is 30.3 Å². The fourth-order valence-electron chi connectivity index (χ4n) is 2.71. The van der Waals surface area contributed by atoms with Gasteiger partial charge in [-0.25, -0.2) is 14.9 Å². The summed E-state index contributed by atoms with van der Waals surface area (Å²) in [6.45, 7) is 0. The Morgan fingerprint density at radius 2 is 1.91 bits per heavy atom. The maximum atomic E-state index is 9.75. The minimum absolute atomic E-state index is 0.168. The topological polar surface area (TPSA) is 111 Å². The summed E-state index contributed by atoms with van der Waals surface area (Å²) in [6, 6.07) is 12.5. The van der Waals surface area contributed by atoms with Crippen LogP contribution in [0.5, 0.6) is 11.5 Å². The quantitative estimate of drug-likeness (QED) is 0.343. The molecular formula is C15H14N5O2+. The predicted molar refractivity (Wildman–Crippen MR) is 81.6 cm³/mol. The maximum absolute atomic E-state index is 9.75. The highest BCUT2D eigenvalue weighted by molar-refractivity contribution is 5.92. The molecule has 0 amide bonds. The van der Waals surface area contributed by atoms with Crippen LogP contribution in [-0.4, -0.2) is 21.2 Å². The third kappa shape index (κ3) is 1.76. The van der Waals surface area contributed by atoms with Crippen molar-refractivity contribution < 1.29 is 14.8 Å². The number of phenolic OH excluding ortho intramolecular Hbond substituents is 2. The minimum atomic E-state index is -0.432. The van der Waals surface area contributed by atoms with Crippen molar-refractivity contribution in [2.75, 3.05) is 5.32 Å². The highest BCUT2D eigenvalue weighted by Crippen LogP contribution is 2.30. The van der Waals surface area contributed by atoms with Crippen LogP contribution in [-0.2, 0) is 0 Å². The summed E-state index contributed by atoms with van der Waals surface area (Å²) in [4.78, 5) is 7.67. The number of H-pyrrole nitrogens is 1. The van der Waals surface area contributed by atoms with Crippen molar-refractivity contribution in [2.45, 2.75) is 6.17 Å². The molecule has 0 spiro atoms. The summed E-state index contributed by atoms with van der Waals surface area (Å²) in [5.41, 5.74) is 8.48. The number of aromatic nitrogens is 2. The molecular weight excluding hydrogens is 282 g/mol. The van der Waals surface area contributed by atoms with Crippen molar-refractivity contribution in [3.63, 3.8) is 0 Å². The lowest BCUT2D eigenvalue weighted by Gasteiger charge is -2.18. The van der Waals surface area contributed by atoms with E-state index in [0.717, 1.165) is 16.6 Å². The number of para-hydroxylation sites is 2. The van der Waals surface area contributed by atoms with E-state index in [9.17, 15) is 10.2 Å². The molecule has 0 saturated carbocycles. The van der Waals surface area contributed by atoms with Gasteiger partial charge in [-0.3, -0.25) is 0 Å². The van der Waals surface area contributed by atoms with Crippen LogP contribution in [0.15, 0.2) is 47.5 Å². The number of aromatic amines is 1. The SMILES string of the molecule is NC1=N[C@H](c2ccc(O)c(O)c2)[n+]2c([nH]c3ccccc32)N1. The lowest BCUT2D eigenvalue weighted by molar-refractivity contribution is -0.674. The number of phenols is 2. The molecule has 2 aromatic carbocycles. The zero-order valence-electron chi connectivity index (χ0n) is 11.5. The number of nitrogens with one attached hydrogen (secondary N) is 2. The number of benzene rings is 2. The average Bonchev–Trinajstić information content (AvgIpc) is 2.87. The van der Waals surface area contributed by atoms with Crippen LogP contribution in [0.2, 0.25) is 0 Å². The van der Waals surface area contributed by atoms with E-state index >= 15 is 0 Å². The van der Waals surface area contributed by atoms with E-state index in [1.54, 1.807) is 6.07 Å². The van der Waals surface area contributed by atoms with Crippen LogP contribution in [0.1, 0.15) is 11.7 Å². The molecule has 1 aliphatic rings. The Morgan fingerprint density at radius 3 is 2.73 bits per heavy atom. The van der Waals surface area contributed by atoms with Crippen molar-refractivity contribution in [3.05, 3.63) is 48.0 Å². The van der Waals surface area contributed by atoms with E-state index in [4.69, 9.17) is 5.73 Å². The largest absolute Gasteiger partial charge is 0.504 e. The number of nitrogens with two attached hydrogens (primary N) is 1. The highest BCUT2D eigenvalue weighted by atomic mass is 16.3. The minimum Gasteiger partial charge on any atom is -0.504 e. The van der Waals surface area contributed by atoms with Gasteiger partial charge in [0.1, 0.15) is 11.0 Å². The van der Waals surface area contributed by atoms with Gasteiger partial charge in [0.15, 0.2) is 11.5 Å². The standard InChI is InChI=1S/C15H13N5O2/c16-14-18-13(8-5-6-11(21)12(22)7-8)20-10-4-2-1-3-9(10)17-15(20)19-14/h1-7,13H,(H5,16,17,18,19,21,22)/p+1/t13-/m0/s1. The van der Waals surface area contributed by atoms with Crippen LogP contribution in [0.4, 0.5) is 5.95 Å². The molecule has 6 N–H and O–H groups in total. The third-order valence-corrected chi connectivity index (χ3v) is 3.71. The molecule has 1 aromatic heterocycles. The number of hydrogen-bond donors (Lipinski definition) is 5. The molecule has 22 heavy (non-hydrogen) atoms. The highest BCUT2D eigenvalue weighted by Gasteiger charge is 2.31. The second-order valence-electron chi connectivity index (χ2n) is 5.12. The first kappa shape index (κ1) is 12.5. The molecule has 7 nitrogen and oxygen atoms in total. The second kappa shape index (κ2) is 4.39. The smallest absolute Gasteiger partial charge is 0.365 e. The van der Waals surface area contributed by atoms with Gasteiger partial charge in [-0.2, -0.15) is 4.99 Å². The van der Waals surface area contributed by atoms with Gasteiger partial charge in [-0.15, -0.1) is 0 Å². The molecule has 0 aliphatic carbocycles. The molecule has 0 saturated heterocycles. The number of guanidine groups is 1. The van der Waals surface area contributed by atoms with Crippen molar-refractivity contribution in [1.82, 2.24) is 4.98 Å². The number of nitrogens with zero attached hydrogens (tertiary/aromatic N) is 2. The fraction of sp³-hybridized carbons (Fsp3) is 0.0667. The lowest BCUT2D eigenvalue weighted by Crippen LogP contribution is -2.48. The third-order valence-electron chi connectivity index (χ3n) is 3.71. The lowest BCUT2D eigenvalue weighted by atomic mass is 10.1. The molecule has 2 heterocycles. The van der Waals surface area contributed by atoms with Gasteiger partial charge in [0.05, 0.1) is 0 Å². The molecule has 1 aliphatic heterocycles. The summed E-state index contributed by atoms with van der Waals surface area (Å²) in [5, 5.41) is 22.2. The zero-order chi connectivity index (χ0) is 15.3. The summed E-state index contributed by atoms with van der Waals surface area (Å²) in [7, 11) is 0. The Morgan fingerprint density at radius 1 is 1.09 bits per heavy atom. The van der Waals surface area contributed by atoms with E-state index < -0.39 is 6.17 Å². The van der Waals surface area contributed by atoms with E-state index in [1.807, 2.05) is 28.8 Å². The van der Waals surface area contributed by atoms with Crippen LogP contribution in [0.3, 0.4) is 0 Å². The predicted octanol–water partition coefficient (Wildman–Crippen LogP) is 1.15. The van der Waals surface area contributed by atoms with Crippen LogP contribution in [0.25, 0.3) is 11.0 Å². The van der Waals surface area contributed by atoms with Crippen molar-refractivity contribution in [1.29, 1.82) is 0 Å². The van der Waals surface area contributed by atoms with Gasteiger partial charge in [0.25, 0.3) is 5.96 Å². The molecule has 3 aromatic rings. The molecule has 7 heteroatoms. The maximum Gasteiger partial charge on any atom is 0.365 e. The number of aliphatic imine (C=N–C) groups is 1. The van der Waals surface area contributed by atoms with Crippen molar-refractivity contribution in [2.24, 2.45) is 10.7 Å². The van der Waals surface area contributed by atoms with Crippen molar-refractivity contribution >= 4 is 22.9 Å². The first-order valence-electron chi connectivity index (χ1n) is 6.78. The Labute approximate surface area is 125 Å². The summed E-state index contributed by atoms with van der Waals surface area (Å²) < 4.78 is 1.96. The van der Waals surface area contributed by atoms with Crippen molar-refractivity contribution in [3.8, 4) is 11.5 Å². The Kier molecular flexibility index (Phi) is 2.50. The number of aromatic hydroxyl groups is 2. The fourth-order valence-corrected chi connectivity index (χ4v) is 2.71. The first-order valence-corrected chi connectivity index (χ1v) is 6.78. The molecule has 0 radical (unpaired) electrons. The van der Waals surface area contributed by atoms with Crippen LogP contribution >= 0.6 is 0 Å². The van der Waals surface area contributed by atoms with Gasteiger partial charge in [0, 0.05) is 5.56 Å². The number of rotatable bonds is 1. The molecule has 0 unspecified atom stereocenters. The molecule has 0 bridgehead atoms. The Bertz CT molecular complexity index is 915.